The minimum atomic E-state index is -1.08. The van der Waals surface area contributed by atoms with E-state index in [0.717, 1.165) is 0 Å². The van der Waals surface area contributed by atoms with Crippen LogP contribution >= 0.6 is 23.2 Å². The molecule has 0 spiro atoms. The summed E-state index contributed by atoms with van der Waals surface area (Å²) in [6.45, 7) is 8.13. The molecule has 0 aliphatic carbocycles. The van der Waals surface area contributed by atoms with Crippen LogP contribution in [0.3, 0.4) is 0 Å². The maximum atomic E-state index is 12.2. The van der Waals surface area contributed by atoms with Gasteiger partial charge >= 0.3 is 5.97 Å². The van der Waals surface area contributed by atoms with Gasteiger partial charge in [0.1, 0.15) is 11.3 Å². The van der Waals surface area contributed by atoms with Gasteiger partial charge in [-0.25, -0.2) is 4.79 Å². The number of carbonyl (C=O) groups is 2. The lowest BCUT2D eigenvalue weighted by molar-refractivity contribution is -0.161. The minimum Gasteiger partial charge on any atom is -0.477 e. The van der Waals surface area contributed by atoms with Gasteiger partial charge in [0.15, 0.2) is 12.2 Å². The Morgan fingerprint density at radius 3 is 2.31 bits per heavy atom. The molecular formula is C18H22Cl2N2O4. The van der Waals surface area contributed by atoms with Crippen LogP contribution in [0.5, 0.6) is 5.75 Å². The molecule has 3 unspecified atom stereocenters. The molecule has 0 fully saturated rings. The number of benzene rings is 1. The molecule has 26 heavy (non-hydrogen) atoms. The SMILES string of the molecule is CC(OC(=O)C(C)Oc1ccc(Cl)cc1Cl)C(=O)NC(C)(C#N)C(C)C. The van der Waals surface area contributed by atoms with Crippen molar-refractivity contribution in [3.8, 4) is 11.8 Å². The van der Waals surface area contributed by atoms with E-state index < -0.39 is 29.6 Å². The zero-order valence-electron chi connectivity index (χ0n) is 15.3. The Balaban J connectivity index is 2.68. The average Bonchev–Trinajstić information content (AvgIpc) is 2.56. The standard InChI is InChI=1S/C18H22Cl2N2O4/c1-10(2)18(5,9-21)22-16(23)11(3)26-17(24)12(4)25-15-7-6-13(19)8-14(15)20/h6-8,10-12H,1-5H3,(H,22,23). The number of rotatable bonds is 7. The van der Waals surface area contributed by atoms with E-state index in [1.165, 1.54) is 26.0 Å². The largest absolute Gasteiger partial charge is 0.477 e. The third kappa shape index (κ3) is 5.79. The molecule has 0 heterocycles. The summed E-state index contributed by atoms with van der Waals surface area (Å²) < 4.78 is 10.6. The van der Waals surface area contributed by atoms with Crippen molar-refractivity contribution in [2.45, 2.75) is 52.4 Å². The van der Waals surface area contributed by atoms with E-state index in [9.17, 15) is 14.9 Å². The van der Waals surface area contributed by atoms with E-state index in [-0.39, 0.29) is 16.7 Å². The topological polar surface area (TPSA) is 88.4 Å². The lowest BCUT2D eigenvalue weighted by Gasteiger charge is -2.28. The maximum absolute atomic E-state index is 12.2. The van der Waals surface area contributed by atoms with Crippen molar-refractivity contribution in [3.05, 3.63) is 28.2 Å². The van der Waals surface area contributed by atoms with Crippen LogP contribution in [0.1, 0.15) is 34.6 Å². The van der Waals surface area contributed by atoms with Gasteiger partial charge in [-0.2, -0.15) is 5.26 Å². The van der Waals surface area contributed by atoms with Gasteiger partial charge in [-0.05, 0) is 44.9 Å². The van der Waals surface area contributed by atoms with Gasteiger partial charge in [0.2, 0.25) is 0 Å². The van der Waals surface area contributed by atoms with Crippen molar-refractivity contribution in [2.24, 2.45) is 5.92 Å². The quantitative estimate of drug-likeness (QED) is 0.703. The normalized spacial score (nSPS) is 15.3. The third-order valence-corrected chi connectivity index (χ3v) is 4.49. The summed E-state index contributed by atoms with van der Waals surface area (Å²) in [7, 11) is 0. The summed E-state index contributed by atoms with van der Waals surface area (Å²) in [5.74, 6) is -1.14. The molecule has 0 saturated carbocycles. The molecule has 0 bridgehead atoms. The molecule has 1 aromatic carbocycles. The Bertz CT molecular complexity index is 718. The molecule has 0 radical (unpaired) electrons. The molecule has 8 heteroatoms. The molecule has 1 amide bonds. The number of esters is 1. The van der Waals surface area contributed by atoms with Gasteiger partial charge in [-0.3, -0.25) is 4.79 Å². The molecule has 3 atom stereocenters. The highest BCUT2D eigenvalue weighted by Gasteiger charge is 2.33. The van der Waals surface area contributed by atoms with E-state index in [1.807, 2.05) is 13.8 Å². The van der Waals surface area contributed by atoms with Crippen molar-refractivity contribution >= 4 is 35.1 Å². The van der Waals surface area contributed by atoms with E-state index in [0.29, 0.717) is 5.02 Å². The number of carbonyl (C=O) groups excluding carboxylic acids is 2. The molecule has 0 aliphatic heterocycles. The summed E-state index contributed by atoms with van der Waals surface area (Å²) >= 11 is 11.8. The first kappa shape index (κ1) is 22.1. The summed E-state index contributed by atoms with van der Waals surface area (Å²) in [6.07, 6.45) is -2.07. The van der Waals surface area contributed by atoms with Gasteiger partial charge in [-0.1, -0.05) is 37.0 Å². The predicted molar refractivity (Wildman–Crippen MR) is 99.1 cm³/mol. The Hall–Kier alpha value is -1.97. The number of halogens is 2. The number of amides is 1. The summed E-state index contributed by atoms with van der Waals surface area (Å²) in [5.41, 5.74) is -1.06. The molecule has 142 valence electrons. The van der Waals surface area contributed by atoms with Crippen LogP contribution < -0.4 is 10.1 Å². The number of hydrogen-bond donors (Lipinski definition) is 1. The summed E-state index contributed by atoms with van der Waals surface area (Å²) in [5, 5.41) is 12.5. The Morgan fingerprint density at radius 1 is 1.19 bits per heavy atom. The number of nitriles is 1. The maximum Gasteiger partial charge on any atom is 0.347 e. The van der Waals surface area contributed by atoms with Crippen LogP contribution in [-0.4, -0.2) is 29.6 Å². The minimum absolute atomic E-state index is 0.117. The van der Waals surface area contributed by atoms with Crippen LogP contribution in [0.4, 0.5) is 0 Å². The fourth-order valence-electron chi connectivity index (χ4n) is 1.79. The number of nitrogens with zero attached hydrogens (tertiary/aromatic N) is 1. The van der Waals surface area contributed by atoms with Gasteiger partial charge in [0, 0.05) is 5.02 Å². The average molecular weight is 401 g/mol. The molecule has 1 N–H and O–H groups in total. The van der Waals surface area contributed by atoms with Crippen molar-refractivity contribution < 1.29 is 19.1 Å². The monoisotopic (exact) mass is 400 g/mol. The number of ether oxygens (including phenoxy) is 2. The molecule has 0 aromatic heterocycles. The highest BCUT2D eigenvalue weighted by Crippen LogP contribution is 2.28. The van der Waals surface area contributed by atoms with Gasteiger partial charge in [-0.15, -0.1) is 0 Å². The Morgan fingerprint density at radius 2 is 1.81 bits per heavy atom. The van der Waals surface area contributed by atoms with Crippen LogP contribution in [0, 0.1) is 17.2 Å². The predicted octanol–water partition coefficient (Wildman–Crippen LogP) is 3.75. The summed E-state index contributed by atoms with van der Waals surface area (Å²) in [6, 6.07) is 6.66. The number of hydrogen-bond acceptors (Lipinski definition) is 5. The molecule has 6 nitrogen and oxygen atoms in total. The zero-order chi connectivity index (χ0) is 20.1. The second-order valence-corrected chi connectivity index (χ2v) is 7.22. The highest BCUT2D eigenvalue weighted by molar-refractivity contribution is 6.35. The Labute approximate surface area is 163 Å². The van der Waals surface area contributed by atoms with Crippen molar-refractivity contribution in [2.75, 3.05) is 0 Å². The van der Waals surface area contributed by atoms with Crippen LogP contribution in [0.2, 0.25) is 10.0 Å². The fourth-order valence-corrected chi connectivity index (χ4v) is 2.24. The van der Waals surface area contributed by atoms with Gasteiger partial charge in [0.05, 0.1) is 11.1 Å². The van der Waals surface area contributed by atoms with E-state index in [2.05, 4.69) is 11.4 Å². The first-order valence-corrected chi connectivity index (χ1v) is 8.81. The molecule has 1 rings (SSSR count). The van der Waals surface area contributed by atoms with E-state index in [1.54, 1.807) is 13.0 Å². The van der Waals surface area contributed by atoms with Crippen LogP contribution in [-0.2, 0) is 14.3 Å². The zero-order valence-corrected chi connectivity index (χ0v) is 16.8. The third-order valence-electron chi connectivity index (χ3n) is 3.96. The lowest BCUT2D eigenvalue weighted by atomic mass is 9.90. The Kier molecular flexibility index (Phi) is 7.73. The van der Waals surface area contributed by atoms with Crippen molar-refractivity contribution in [1.82, 2.24) is 5.32 Å². The van der Waals surface area contributed by atoms with Gasteiger partial charge < -0.3 is 14.8 Å². The fraction of sp³-hybridized carbons (Fsp3) is 0.500. The number of nitrogens with one attached hydrogen (secondary N) is 1. The molecule has 0 aliphatic rings. The molecule has 1 aromatic rings. The van der Waals surface area contributed by atoms with Crippen LogP contribution in [0.15, 0.2) is 18.2 Å². The van der Waals surface area contributed by atoms with Crippen molar-refractivity contribution in [3.63, 3.8) is 0 Å². The second kappa shape index (κ2) is 9.11. The highest BCUT2D eigenvalue weighted by atomic mass is 35.5. The molecule has 0 saturated heterocycles. The van der Waals surface area contributed by atoms with E-state index >= 15 is 0 Å². The second-order valence-electron chi connectivity index (χ2n) is 6.37. The van der Waals surface area contributed by atoms with Crippen LogP contribution in [0.25, 0.3) is 0 Å². The first-order valence-electron chi connectivity index (χ1n) is 8.05. The van der Waals surface area contributed by atoms with Crippen molar-refractivity contribution in [1.29, 1.82) is 5.26 Å². The molecular weight excluding hydrogens is 379 g/mol. The van der Waals surface area contributed by atoms with E-state index in [4.69, 9.17) is 32.7 Å². The smallest absolute Gasteiger partial charge is 0.347 e. The lowest BCUT2D eigenvalue weighted by Crippen LogP contribution is -2.52. The first-order chi connectivity index (χ1) is 12.0. The summed E-state index contributed by atoms with van der Waals surface area (Å²) in [4.78, 5) is 24.4. The van der Waals surface area contributed by atoms with Gasteiger partial charge in [0.25, 0.3) is 5.91 Å².